The van der Waals surface area contributed by atoms with Crippen LogP contribution >= 0.6 is 11.6 Å². The molecule has 0 spiro atoms. The third-order valence-corrected chi connectivity index (χ3v) is 0.327. The molecule has 0 aliphatic carbocycles. The number of alkyl halides is 1. The highest BCUT2D eigenvalue weighted by Crippen LogP contribution is 1.67. The molecule has 2 heteroatoms. The van der Waals surface area contributed by atoms with Crippen LogP contribution in [-0.4, -0.2) is 23.2 Å². The molecule has 30 valence electrons. The van der Waals surface area contributed by atoms with Crippen LogP contribution in [0, 0.1) is 0 Å². The van der Waals surface area contributed by atoms with E-state index in [4.69, 9.17) is 11.6 Å². The van der Waals surface area contributed by atoms with Gasteiger partial charge in [0.15, 0.2) is 17.4 Å². The fourth-order valence-corrected chi connectivity index (χ4v) is 0. The van der Waals surface area contributed by atoms with Gasteiger partial charge in [-0.3, -0.25) is 0 Å². The summed E-state index contributed by atoms with van der Waals surface area (Å²) in [5.41, 5.74) is 0. The maximum absolute atomic E-state index is 5.07. The first-order valence-corrected chi connectivity index (χ1v) is 1.62. The summed E-state index contributed by atoms with van der Waals surface area (Å²) in [5.74, 6) is 0.556. The first-order valence-electron chi connectivity index (χ1n) is 1.08. The maximum atomic E-state index is 5.07. The molecule has 0 fully saturated rings. The molecule has 0 nitrogen and oxygen atoms in total. The lowest BCUT2D eigenvalue weighted by Crippen LogP contribution is -1.45. The normalized spacial score (nSPS) is 5.00. The molecule has 5 heavy (non-hydrogen) atoms. The third-order valence-electron chi connectivity index (χ3n) is 0.109. The second kappa shape index (κ2) is 8.82. The van der Waals surface area contributed by atoms with Gasteiger partial charge in [0, 0.05) is 5.88 Å². The zero-order chi connectivity index (χ0) is 3.41. The molecule has 0 aromatic carbocycles. The van der Waals surface area contributed by atoms with Crippen molar-refractivity contribution in [1.29, 1.82) is 0 Å². The van der Waals surface area contributed by atoms with Crippen molar-refractivity contribution in [2.45, 2.75) is 0 Å². The summed E-state index contributed by atoms with van der Waals surface area (Å²) < 4.78 is 0. The second-order valence-electron chi connectivity index (χ2n) is 0.443. The van der Waals surface area contributed by atoms with E-state index in [0.29, 0.717) is 5.88 Å². The Labute approximate surface area is 48.0 Å². The Morgan fingerprint density at radius 2 is 2.00 bits per heavy atom. The molecule has 0 rings (SSSR count). The maximum Gasteiger partial charge on any atom is 0.187 e. The molecule has 0 saturated heterocycles. The van der Waals surface area contributed by atoms with Crippen LogP contribution < -0.4 is 0 Å². The van der Waals surface area contributed by atoms with Gasteiger partial charge in [-0.05, 0) is 0 Å². The van der Waals surface area contributed by atoms with Crippen molar-refractivity contribution < 1.29 is 0 Å². The van der Waals surface area contributed by atoms with Crippen molar-refractivity contribution >= 4 is 29.0 Å². The van der Waals surface area contributed by atoms with Gasteiger partial charge in [0.05, 0.1) is 0 Å². The molecule has 0 heterocycles. The third kappa shape index (κ3) is 12.3. The van der Waals surface area contributed by atoms with Gasteiger partial charge in [-0.2, -0.15) is 0 Å². The van der Waals surface area contributed by atoms with Crippen molar-refractivity contribution in [1.82, 2.24) is 0 Å². The molecule has 0 aliphatic heterocycles. The van der Waals surface area contributed by atoms with Crippen LogP contribution in [0.4, 0.5) is 0 Å². The zero-order valence-electron chi connectivity index (χ0n) is 2.37. The fourth-order valence-electron chi connectivity index (χ4n) is 0. The minimum absolute atomic E-state index is 0. The number of halogens is 1. The highest BCUT2D eigenvalue weighted by molar-refractivity contribution is 6.18. The molecule has 0 unspecified atom stereocenters. The smallest absolute Gasteiger partial charge is 0.122 e. The SMILES string of the molecule is C=CCCl.[AlH3]. The van der Waals surface area contributed by atoms with E-state index in [-0.39, 0.29) is 17.4 Å². The molecule has 0 atom stereocenters. The highest BCUT2D eigenvalue weighted by atomic mass is 35.5. The van der Waals surface area contributed by atoms with Gasteiger partial charge in [-0.25, -0.2) is 0 Å². The van der Waals surface area contributed by atoms with Crippen LogP contribution in [0.15, 0.2) is 12.7 Å². The van der Waals surface area contributed by atoms with Gasteiger partial charge < -0.3 is 0 Å². The van der Waals surface area contributed by atoms with Crippen LogP contribution in [0.2, 0.25) is 0 Å². The predicted molar refractivity (Wildman–Crippen MR) is 30.9 cm³/mol. The van der Waals surface area contributed by atoms with E-state index < -0.39 is 0 Å². The summed E-state index contributed by atoms with van der Waals surface area (Å²) in [5, 5.41) is 0. The van der Waals surface area contributed by atoms with Crippen LogP contribution in [0.3, 0.4) is 0 Å². The molecule has 0 bridgehead atoms. The second-order valence-corrected chi connectivity index (χ2v) is 0.752. The average Bonchev–Trinajstić information content (AvgIpc) is 1.37. The molecular weight excluding hydrogens is 98.5 g/mol. The molecule has 0 saturated carbocycles. The zero-order valence-corrected chi connectivity index (χ0v) is 3.13. The van der Waals surface area contributed by atoms with E-state index in [1.807, 2.05) is 0 Å². The fraction of sp³-hybridized carbons (Fsp3) is 0.333. The minimum atomic E-state index is 0. The van der Waals surface area contributed by atoms with Crippen LogP contribution in [0.5, 0.6) is 0 Å². The summed E-state index contributed by atoms with van der Waals surface area (Å²) in [6.45, 7) is 3.35. The number of rotatable bonds is 1. The van der Waals surface area contributed by atoms with Crippen LogP contribution in [0.25, 0.3) is 0 Å². The van der Waals surface area contributed by atoms with Crippen molar-refractivity contribution in [2.24, 2.45) is 0 Å². The van der Waals surface area contributed by atoms with E-state index in [0.717, 1.165) is 0 Å². The summed E-state index contributed by atoms with van der Waals surface area (Å²) in [4.78, 5) is 0. The summed E-state index contributed by atoms with van der Waals surface area (Å²) >= 11 is 5.07. The summed E-state index contributed by atoms with van der Waals surface area (Å²) in [7, 11) is 0. The first-order chi connectivity index (χ1) is 1.91. The summed E-state index contributed by atoms with van der Waals surface area (Å²) in [6.07, 6.45) is 1.64. The van der Waals surface area contributed by atoms with Crippen molar-refractivity contribution in [3.63, 3.8) is 0 Å². The van der Waals surface area contributed by atoms with Crippen molar-refractivity contribution in [2.75, 3.05) is 5.88 Å². The summed E-state index contributed by atoms with van der Waals surface area (Å²) in [6, 6.07) is 0. The average molecular weight is 107 g/mol. The molecule has 0 N–H and O–H groups in total. The van der Waals surface area contributed by atoms with Crippen molar-refractivity contribution in [3.8, 4) is 0 Å². The quantitative estimate of drug-likeness (QED) is 0.255. The molecule has 0 radical (unpaired) electrons. The first kappa shape index (κ1) is 9.12. The van der Waals surface area contributed by atoms with Crippen molar-refractivity contribution in [3.05, 3.63) is 12.7 Å². The topological polar surface area (TPSA) is 0 Å². The largest absolute Gasteiger partial charge is 0.187 e. The lowest BCUT2D eigenvalue weighted by Gasteiger charge is -1.55. The Morgan fingerprint density at radius 3 is 2.00 bits per heavy atom. The monoisotopic (exact) mass is 106 g/mol. The van der Waals surface area contributed by atoms with E-state index in [2.05, 4.69) is 6.58 Å². The molecular formula is C3H8AlCl. The standard InChI is InChI=1S/C3H5Cl.Al.3H/c1-2-3-4;;;;/h2H,1,3H2;;;;. The Hall–Kier alpha value is 0.562. The Morgan fingerprint density at radius 1 is 1.80 bits per heavy atom. The van der Waals surface area contributed by atoms with Gasteiger partial charge in [0.2, 0.25) is 0 Å². The number of hydrogen-bond acceptors (Lipinski definition) is 0. The molecule has 0 aromatic heterocycles. The van der Waals surface area contributed by atoms with E-state index in [9.17, 15) is 0 Å². The molecule has 0 aliphatic rings. The van der Waals surface area contributed by atoms with Gasteiger partial charge in [0.1, 0.15) is 0 Å². The number of allylic oxidation sites excluding steroid dienone is 1. The lowest BCUT2D eigenvalue weighted by molar-refractivity contribution is 1.80. The predicted octanol–water partition coefficient (Wildman–Crippen LogP) is 0.227. The van der Waals surface area contributed by atoms with Gasteiger partial charge in [-0.15, -0.1) is 18.2 Å². The van der Waals surface area contributed by atoms with Gasteiger partial charge in [-0.1, -0.05) is 6.08 Å². The molecule has 0 amide bonds. The van der Waals surface area contributed by atoms with Crippen LogP contribution in [0.1, 0.15) is 0 Å². The lowest BCUT2D eigenvalue weighted by atomic mass is 10.8. The Balaban J connectivity index is 0. The van der Waals surface area contributed by atoms with E-state index in [1.165, 1.54) is 0 Å². The van der Waals surface area contributed by atoms with Crippen LogP contribution in [-0.2, 0) is 0 Å². The van der Waals surface area contributed by atoms with Gasteiger partial charge in [0.25, 0.3) is 0 Å². The van der Waals surface area contributed by atoms with E-state index in [1.54, 1.807) is 6.08 Å². The molecule has 0 aromatic rings. The minimum Gasteiger partial charge on any atom is -0.122 e. The number of hydrogen-bond donors (Lipinski definition) is 0. The Bertz CT molecular complexity index is 20.9. The Kier molecular flexibility index (Phi) is 16.1. The highest BCUT2D eigenvalue weighted by Gasteiger charge is 1.48. The van der Waals surface area contributed by atoms with Gasteiger partial charge >= 0.3 is 0 Å². The van der Waals surface area contributed by atoms with E-state index >= 15 is 0 Å².